The van der Waals surface area contributed by atoms with Crippen LogP contribution in [0.5, 0.6) is 0 Å². The van der Waals surface area contributed by atoms with Crippen molar-refractivity contribution in [2.45, 2.75) is 37.4 Å². The second-order valence-corrected chi connectivity index (χ2v) is 6.55. The summed E-state index contributed by atoms with van der Waals surface area (Å²) in [5.74, 6) is 0. The molecule has 2 aromatic rings. The number of hydrogen-bond donors (Lipinski definition) is 1. The van der Waals surface area contributed by atoms with E-state index in [0.717, 1.165) is 30.6 Å². The molecule has 116 valence electrons. The Morgan fingerprint density at radius 3 is 2.55 bits per heavy atom. The van der Waals surface area contributed by atoms with Gasteiger partial charge in [0.25, 0.3) is 0 Å². The Kier molecular flexibility index (Phi) is 4.53. The van der Waals surface area contributed by atoms with Crippen LogP contribution >= 0.6 is 11.6 Å². The van der Waals surface area contributed by atoms with Gasteiger partial charge in [-0.3, -0.25) is 4.90 Å². The first-order valence-corrected chi connectivity index (χ1v) is 8.25. The zero-order valence-electron chi connectivity index (χ0n) is 12.9. The highest BCUT2D eigenvalue weighted by molar-refractivity contribution is 6.21. The average Bonchev–Trinajstić information content (AvgIpc) is 2.53. The van der Waals surface area contributed by atoms with Crippen molar-refractivity contribution in [1.29, 1.82) is 0 Å². The van der Waals surface area contributed by atoms with Gasteiger partial charge in [0.15, 0.2) is 0 Å². The van der Waals surface area contributed by atoms with E-state index in [-0.39, 0.29) is 0 Å². The molecule has 0 saturated carbocycles. The predicted octanol–water partition coefficient (Wildman–Crippen LogP) is 4.04. The first-order valence-electron chi connectivity index (χ1n) is 7.82. The van der Waals surface area contributed by atoms with Crippen LogP contribution in [0, 0.1) is 6.92 Å². The largest absolute Gasteiger partial charge is 0.382 e. The monoisotopic (exact) mass is 315 g/mol. The summed E-state index contributed by atoms with van der Waals surface area (Å²) >= 11 is 6.72. The van der Waals surface area contributed by atoms with Crippen LogP contribution in [0.15, 0.2) is 54.6 Å². The molecule has 2 atom stereocenters. The van der Waals surface area contributed by atoms with E-state index in [0.29, 0.717) is 6.42 Å². The third-order valence-electron chi connectivity index (χ3n) is 4.56. The number of nitrogens with zero attached hydrogens (tertiary/aromatic N) is 1. The van der Waals surface area contributed by atoms with Crippen LogP contribution in [0.1, 0.15) is 29.5 Å². The molecule has 1 heterocycles. The maximum atomic E-state index is 11.3. The van der Waals surface area contributed by atoms with Crippen LogP contribution in [0.4, 0.5) is 0 Å². The predicted molar refractivity (Wildman–Crippen MR) is 90.8 cm³/mol. The van der Waals surface area contributed by atoms with Gasteiger partial charge in [0.1, 0.15) is 11.1 Å². The van der Waals surface area contributed by atoms with Crippen molar-refractivity contribution in [2.24, 2.45) is 0 Å². The fourth-order valence-corrected chi connectivity index (χ4v) is 3.78. The standard InChI is InChI=1S/C19H22ClNO/c1-15-8-5-6-11-17(15)19(22)12-7-13-21(18(19)20)14-16-9-3-2-4-10-16/h2-6,8-11,18,22H,7,12-14H2,1H3. The molecule has 0 spiro atoms. The minimum Gasteiger partial charge on any atom is -0.382 e. The topological polar surface area (TPSA) is 23.5 Å². The summed E-state index contributed by atoms with van der Waals surface area (Å²) in [5, 5.41) is 11.3. The summed E-state index contributed by atoms with van der Waals surface area (Å²) in [5.41, 5.74) is 1.87. The quantitative estimate of drug-likeness (QED) is 0.682. The summed E-state index contributed by atoms with van der Waals surface area (Å²) in [6.07, 6.45) is 1.65. The third-order valence-corrected chi connectivity index (χ3v) is 5.19. The highest BCUT2D eigenvalue weighted by atomic mass is 35.5. The van der Waals surface area contributed by atoms with Gasteiger partial charge >= 0.3 is 0 Å². The SMILES string of the molecule is Cc1ccccc1C1(O)CCCN(Cc2ccccc2)C1Cl. The molecule has 0 aliphatic carbocycles. The molecule has 2 aromatic carbocycles. The van der Waals surface area contributed by atoms with Crippen molar-refractivity contribution >= 4 is 11.6 Å². The molecule has 0 bridgehead atoms. The Bertz CT molecular complexity index is 630. The summed E-state index contributed by atoms with van der Waals surface area (Å²) in [7, 11) is 0. The molecule has 0 aromatic heterocycles. The van der Waals surface area contributed by atoms with Crippen molar-refractivity contribution in [3.63, 3.8) is 0 Å². The molecule has 1 saturated heterocycles. The lowest BCUT2D eigenvalue weighted by Crippen LogP contribution is -2.51. The van der Waals surface area contributed by atoms with Gasteiger partial charge in [-0.2, -0.15) is 0 Å². The van der Waals surface area contributed by atoms with Gasteiger partial charge in [-0.05, 0) is 36.5 Å². The van der Waals surface area contributed by atoms with Crippen LogP contribution in [-0.2, 0) is 12.1 Å². The second kappa shape index (κ2) is 6.41. The average molecular weight is 316 g/mol. The smallest absolute Gasteiger partial charge is 0.119 e. The number of aryl methyl sites for hydroxylation is 1. The number of likely N-dealkylation sites (tertiary alicyclic amines) is 1. The molecule has 1 aliphatic heterocycles. The van der Waals surface area contributed by atoms with Crippen molar-refractivity contribution in [1.82, 2.24) is 4.90 Å². The van der Waals surface area contributed by atoms with E-state index in [1.165, 1.54) is 5.56 Å². The van der Waals surface area contributed by atoms with Gasteiger partial charge in [-0.25, -0.2) is 0 Å². The van der Waals surface area contributed by atoms with E-state index in [4.69, 9.17) is 11.6 Å². The first-order chi connectivity index (χ1) is 10.6. The van der Waals surface area contributed by atoms with Crippen molar-refractivity contribution in [2.75, 3.05) is 6.54 Å². The fraction of sp³-hybridized carbons (Fsp3) is 0.368. The lowest BCUT2D eigenvalue weighted by molar-refractivity contribution is -0.0575. The number of aliphatic hydroxyl groups is 1. The fourth-order valence-electron chi connectivity index (χ4n) is 3.38. The molecule has 0 radical (unpaired) electrons. The Balaban J connectivity index is 1.86. The van der Waals surface area contributed by atoms with E-state index in [1.807, 2.05) is 49.4 Å². The van der Waals surface area contributed by atoms with Crippen molar-refractivity contribution in [3.05, 3.63) is 71.3 Å². The van der Waals surface area contributed by atoms with E-state index in [9.17, 15) is 5.11 Å². The van der Waals surface area contributed by atoms with E-state index >= 15 is 0 Å². The molecule has 1 aliphatic rings. The summed E-state index contributed by atoms with van der Waals surface area (Å²) in [6.45, 7) is 3.72. The van der Waals surface area contributed by atoms with Crippen LogP contribution in [-0.4, -0.2) is 22.1 Å². The van der Waals surface area contributed by atoms with Crippen molar-refractivity contribution < 1.29 is 5.11 Å². The zero-order valence-corrected chi connectivity index (χ0v) is 13.6. The Morgan fingerprint density at radius 2 is 1.82 bits per heavy atom. The minimum atomic E-state index is -0.986. The van der Waals surface area contributed by atoms with Gasteiger partial charge in [0.2, 0.25) is 0 Å². The molecule has 2 nitrogen and oxygen atoms in total. The van der Waals surface area contributed by atoms with Gasteiger partial charge in [-0.1, -0.05) is 54.6 Å². The van der Waals surface area contributed by atoms with Gasteiger partial charge in [0.05, 0.1) is 0 Å². The van der Waals surface area contributed by atoms with Crippen molar-refractivity contribution in [3.8, 4) is 0 Å². The Labute approximate surface area is 137 Å². The highest BCUT2D eigenvalue weighted by Crippen LogP contribution is 2.40. The summed E-state index contributed by atoms with van der Waals surface area (Å²) < 4.78 is 0. The van der Waals surface area contributed by atoms with Crippen LogP contribution in [0.2, 0.25) is 0 Å². The number of halogens is 1. The highest BCUT2D eigenvalue weighted by Gasteiger charge is 2.44. The molecule has 1 N–H and O–H groups in total. The molecule has 0 amide bonds. The van der Waals surface area contributed by atoms with E-state index in [1.54, 1.807) is 0 Å². The molecular weight excluding hydrogens is 294 g/mol. The van der Waals surface area contributed by atoms with Gasteiger partial charge < -0.3 is 5.11 Å². The van der Waals surface area contributed by atoms with E-state index < -0.39 is 11.1 Å². The lowest BCUT2D eigenvalue weighted by atomic mass is 9.83. The molecule has 22 heavy (non-hydrogen) atoms. The van der Waals surface area contributed by atoms with E-state index in [2.05, 4.69) is 17.0 Å². The number of rotatable bonds is 3. The molecule has 3 heteroatoms. The minimum absolute atomic E-state index is 0.414. The number of hydrogen-bond acceptors (Lipinski definition) is 2. The maximum absolute atomic E-state index is 11.3. The lowest BCUT2D eigenvalue weighted by Gasteiger charge is -2.44. The van der Waals surface area contributed by atoms with Gasteiger partial charge in [0, 0.05) is 13.1 Å². The second-order valence-electron chi connectivity index (χ2n) is 6.13. The summed E-state index contributed by atoms with van der Waals surface area (Å²) in [6, 6.07) is 18.3. The van der Waals surface area contributed by atoms with Crippen LogP contribution in [0.25, 0.3) is 0 Å². The molecule has 2 unspecified atom stereocenters. The normalized spacial score (nSPS) is 26.0. The first kappa shape index (κ1) is 15.5. The number of alkyl halides is 1. The van der Waals surface area contributed by atoms with Crippen LogP contribution in [0.3, 0.4) is 0 Å². The molecule has 1 fully saturated rings. The Morgan fingerprint density at radius 1 is 1.14 bits per heavy atom. The molecule has 3 rings (SSSR count). The zero-order chi connectivity index (χ0) is 15.6. The maximum Gasteiger partial charge on any atom is 0.119 e. The number of benzene rings is 2. The third kappa shape index (κ3) is 2.91. The van der Waals surface area contributed by atoms with Crippen LogP contribution < -0.4 is 0 Å². The number of piperidine rings is 1. The summed E-state index contributed by atoms with van der Waals surface area (Å²) in [4.78, 5) is 2.17. The molecular formula is C19H22ClNO. The van der Waals surface area contributed by atoms with Gasteiger partial charge in [-0.15, -0.1) is 11.6 Å². The Hall–Kier alpha value is -1.35.